The molecule has 23 heavy (non-hydrogen) atoms. The Morgan fingerprint density at radius 1 is 0.957 bits per heavy atom. The van der Waals surface area contributed by atoms with Crippen LogP contribution in [0.25, 0.3) is 0 Å². The smallest absolute Gasteiger partial charge is 0.256 e. The van der Waals surface area contributed by atoms with E-state index >= 15 is 0 Å². The average molecular weight is 326 g/mol. The van der Waals surface area contributed by atoms with Crippen molar-refractivity contribution in [1.29, 1.82) is 0 Å². The molecule has 2 heterocycles. The van der Waals surface area contributed by atoms with E-state index in [2.05, 4.69) is 0 Å². The van der Waals surface area contributed by atoms with Gasteiger partial charge in [-0.05, 0) is 31.0 Å². The number of rotatable bonds is 2. The van der Waals surface area contributed by atoms with Gasteiger partial charge in [0.25, 0.3) is 11.8 Å². The molecule has 1 aromatic rings. The van der Waals surface area contributed by atoms with Crippen molar-refractivity contribution >= 4 is 11.8 Å². The van der Waals surface area contributed by atoms with Crippen molar-refractivity contribution in [3.05, 3.63) is 35.1 Å². The van der Waals surface area contributed by atoms with Crippen LogP contribution in [-0.4, -0.2) is 60.1 Å². The standard InChI is InChI=1S/C16H17F3N2O2/c17-11-3-5-20(8-11)15(22)10-1-2-14(19)13(7-10)16(23)21-6-4-12(18)9-21/h1-2,7,11-12H,3-6,8-9H2/t11-,12-/m0/s1. The summed E-state index contributed by atoms with van der Waals surface area (Å²) in [6, 6.07) is 3.51. The van der Waals surface area contributed by atoms with Crippen LogP contribution in [0.3, 0.4) is 0 Å². The Hall–Kier alpha value is -2.05. The highest BCUT2D eigenvalue weighted by atomic mass is 19.1. The van der Waals surface area contributed by atoms with Crippen molar-refractivity contribution in [3.8, 4) is 0 Å². The van der Waals surface area contributed by atoms with Gasteiger partial charge in [0.05, 0.1) is 18.7 Å². The molecule has 0 N–H and O–H groups in total. The van der Waals surface area contributed by atoms with Crippen molar-refractivity contribution < 1.29 is 22.8 Å². The maximum Gasteiger partial charge on any atom is 0.256 e. The zero-order valence-corrected chi connectivity index (χ0v) is 12.5. The van der Waals surface area contributed by atoms with Crippen molar-refractivity contribution in [2.24, 2.45) is 0 Å². The molecular weight excluding hydrogens is 309 g/mol. The molecule has 0 aliphatic carbocycles. The first-order chi connectivity index (χ1) is 11.0. The maximum atomic E-state index is 13.9. The average Bonchev–Trinajstić information content (AvgIpc) is 3.15. The first-order valence-corrected chi connectivity index (χ1v) is 7.62. The molecule has 3 rings (SSSR count). The summed E-state index contributed by atoms with van der Waals surface area (Å²) < 4.78 is 40.4. The SMILES string of the molecule is O=C(c1ccc(F)c(C(=O)N2CC[C@H](F)C2)c1)N1CC[C@H](F)C1. The van der Waals surface area contributed by atoms with Crippen LogP contribution < -0.4 is 0 Å². The van der Waals surface area contributed by atoms with Gasteiger partial charge in [0.1, 0.15) is 18.2 Å². The van der Waals surface area contributed by atoms with E-state index in [1.165, 1.54) is 21.9 Å². The molecule has 0 saturated carbocycles. The summed E-state index contributed by atoms with van der Waals surface area (Å²) in [7, 11) is 0. The van der Waals surface area contributed by atoms with Crippen LogP contribution in [0.1, 0.15) is 33.6 Å². The van der Waals surface area contributed by atoms with Gasteiger partial charge in [-0.3, -0.25) is 9.59 Å². The van der Waals surface area contributed by atoms with Crippen molar-refractivity contribution in [2.75, 3.05) is 26.2 Å². The van der Waals surface area contributed by atoms with E-state index in [9.17, 15) is 22.8 Å². The number of likely N-dealkylation sites (tertiary alicyclic amines) is 2. The highest BCUT2D eigenvalue weighted by Gasteiger charge is 2.30. The molecule has 0 radical (unpaired) electrons. The number of nitrogens with zero attached hydrogens (tertiary/aromatic N) is 2. The lowest BCUT2D eigenvalue weighted by Crippen LogP contribution is -2.31. The molecule has 2 atom stereocenters. The van der Waals surface area contributed by atoms with Gasteiger partial charge < -0.3 is 9.80 Å². The Bertz CT molecular complexity index is 638. The van der Waals surface area contributed by atoms with Gasteiger partial charge in [0, 0.05) is 18.7 Å². The number of hydrogen-bond donors (Lipinski definition) is 0. The number of hydrogen-bond acceptors (Lipinski definition) is 2. The fourth-order valence-electron chi connectivity index (χ4n) is 2.98. The normalized spacial score (nSPS) is 24.3. The van der Waals surface area contributed by atoms with Crippen LogP contribution in [0.4, 0.5) is 13.2 Å². The highest BCUT2D eigenvalue weighted by molar-refractivity contribution is 6.00. The van der Waals surface area contributed by atoms with Gasteiger partial charge >= 0.3 is 0 Å². The first-order valence-electron chi connectivity index (χ1n) is 7.62. The molecule has 7 heteroatoms. The van der Waals surface area contributed by atoms with Crippen LogP contribution in [0.2, 0.25) is 0 Å². The Morgan fingerprint density at radius 2 is 1.52 bits per heavy atom. The van der Waals surface area contributed by atoms with Crippen LogP contribution >= 0.6 is 0 Å². The highest BCUT2D eigenvalue weighted by Crippen LogP contribution is 2.21. The van der Waals surface area contributed by atoms with Gasteiger partial charge in [0.15, 0.2) is 0 Å². The lowest BCUT2D eigenvalue weighted by atomic mass is 10.1. The van der Waals surface area contributed by atoms with E-state index in [-0.39, 0.29) is 43.6 Å². The zero-order chi connectivity index (χ0) is 16.6. The summed E-state index contributed by atoms with van der Waals surface area (Å²) in [5.41, 5.74) is -0.110. The van der Waals surface area contributed by atoms with Gasteiger partial charge in [-0.15, -0.1) is 0 Å². The second-order valence-electron chi connectivity index (χ2n) is 5.97. The quantitative estimate of drug-likeness (QED) is 0.836. The molecule has 4 nitrogen and oxygen atoms in total. The Labute approximate surface area is 131 Å². The molecule has 1 aromatic carbocycles. The van der Waals surface area contributed by atoms with E-state index in [4.69, 9.17) is 0 Å². The van der Waals surface area contributed by atoms with Crippen molar-refractivity contribution in [2.45, 2.75) is 25.2 Å². The summed E-state index contributed by atoms with van der Waals surface area (Å²) in [5.74, 6) is -1.80. The van der Waals surface area contributed by atoms with Gasteiger partial charge in [0.2, 0.25) is 0 Å². The van der Waals surface area contributed by atoms with Crippen LogP contribution in [0.5, 0.6) is 0 Å². The monoisotopic (exact) mass is 326 g/mol. The molecule has 2 amide bonds. The Morgan fingerprint density at radius 3 is 2.04 bits per heavy atom. The molecular formula is C16H17F3N2O2. The van der Waals surface area contributed by atoms with E-state index in [1.54, 1.807) is 0 Å². The number of carbonyl (C=O) groups is 2. The summed E-state index contributed by atoms with van der Waals surface area (Å²) in [6.07, 6.45) is -1.63. The second-order valence-corrected chi connectivity index (χ2v) is 5.97. The molecule has 124 valence electrons. The number of halogens is 3. The molecule has 2 fully saturated rings. The maximum absolute atomic E-state index is 13.9. The van der Waals surface area contributed by atoms with Gasteiger partial charge in [-0.2, -0.15) is 0 Å². The van der Waals surface area contributed by atoms with Crippen LogP contribution in [0.15, 0.2) is 18.2 Å². The third kappa shape index (κ3) is 3.18. The minimum atomic E-state index is -1.10. The molecule has 0 spiro atoms. The number of alkyl halides is 2. The predicted octanol–water partition coefficient (Wildman–Crippen LogP) is 2.19. The largest absolute Gasteiger partial charge is 0.336 e. The van der Waals surface area contributed by atoms with Gasteiger partial charge in [-0.1, -0.05) is 0 Å². The molecule has 0 unspecified atom stereocenters. The topological polar surface area (TPSA) is 40.6 Å². The first kappa shape index (κ1) is 15.8. The van der Waals surface area contributed by atoms with E-state index < -0.39 is 30.0 Å². The summed E-state index contributed by atoms with van der Waals surface area (Å²) in [5, 5.41) is 0. The number of amides is 2. The summed E-state index contributed by atoms with van der Waals surface area (Å²) >= 11 is 0. The molecule has 0 aromatic heterocycles. The van der Waals surface area contributed by atoms with E-state index in [1.807, 2.05) is 0 Å². The molecule has 2 aliphatic rings. The van der Waals surface area contributed by atoms with Gasteiger partial charge in [-0.25, -0.2) is 13.2 Å². The third-order valence-corrected chi connectivity index (χ3v) is 4.28. The number of carbonyl (C=O) groups excluding carboxylic acids is 2. The second kappa shape index (κ2) is 6.22. The minimum absolute atomic E-state index is 0.00907. The lowest BCUT2D eigenvalue weighted by Gasteiger charge is -2.18. The van der Waals surface area contributed by atoms with Crippen molar-refractivity contribution in [3.63, 3.8) is 0 Å². The third-order valence-electron chi connectivity index (χ3n) is 4.28. The lowest BCUT2D eigenvalue weighted by molar-refractivity contribution is 0.0777. The summed E-state index contributed by atoms with van der Waals surface area (Å²) in [6.45, 7) is 0.477. The van der Waals surface area contributed by atoms with E-state index in [0.717, 1.165) is 6.07 Å². The van der Waals surface area contributed by atoms with Crippen LogP contribution in [-0.2, 0) is 0 Å². The Balaban J connectivity index is 1.81. The van der Waals surface area contributed by atoms with Crippen molar-refractivity contribution in [1.82, 2.24) is 9.80 Å². The molecule has 2 saturated heterocycles. The summed E-state index contributed by atoms with van der Waals surface area (Å²) in [4.78, 5) is 27.2. The fourth-order valence-corrected chi connectivity index (χ4v) is 2.98. The fraction of sp³-hybridized carbons (Fsp3) is 0.500. The number of benzene rings is 1. The molecule has 2 aliphatic heterocycles. The van der Waals surface area contributed by atoms with Crippen LogP contribution in [0, 0.1) is 5.82 Å². The van der Waals surface area contributed by atoms with E-state index in [0.29, 0.717) is 6.54 Å². The minimum Gasteiger partial charge on any atom is -0.336 e. The molecule has 0 bridgehead atoms. The zero-order valence-electron chi connectivity index (χ0n) is 12.5. The Kier molecular flexibility index (Phi) is 4.28. The predicted molar refractivity (Wildman–Crippen MR) is 77.2 cm³/mol.